The van der Waals surface area contributed by atoms with Crippen molar-refractivity contribution in [1.29, 1.82) is 0 Å². The van der Waals surface area contributed by atoms with Gasteiger partial charge in [-0.25, -0.2) is 13.6 Å². The maximum Gasteiger partial charge on any atom is 0.238 e. The van der Waals surface area contributed by atoms with Crippen molar-refractivity contribution < 1.29 is 8.42 Å². The van der Waals surface area contributed by atoms with Crippen molar-refractivity contribution in [1.82, 2.24) is 0 Å². The summed E-state index contributed by atoms with van der Waals surface area (Å²) < 4.78 is 23.2. The Bertz CT molecular complexity index is 906. The predicted octanol–water partition coefficient (Wildman–Crippen LogP) is 3.38. The Balaban J connectivity index is 2.25. The molecule has 5 nitrogen and oxygen atoms in total. The molecular formula is C17H21N3O2S2. The van der Waals surface area contributed by atoms with Crippen molar-refractivity contribution in [3.8, 4) is 0 Å². The first-order chi connectivity index (χ1) is 11.1. The average Bonchev–Trinajstić information content (AvgIpc) is 2.46. The summed E-state index contributed by atoms with van der Waals surface area (Å²) in [6.07, 6.45) is 0. The van der Waals surface area contributed by atoms with Crippen molar-refractivity contribution in [3.63, 3.8) is 0 Å². The second-order valence-corrected chi connectivity index (χ2v) is 7.81. The van der Waals surface area contributed by atoms with Crippen molar-refractivity contribution in [2.75, 3.05) is 10.6 Å². The van der Waals surface area contributed by atoms with Gasteiger partial charge in [0.25, 0.3) is 0 Å². The molecule has 2 rings (SSSR count). The number of hydrogen-bond donors (Lipinski definition) is 3. The molecule has 0 fully saturated rings. The second-order valence-electron chi connectivity index (χ2n) is 5.84. The van der Waals surface area contributed by atoms with Gasteiger partial charge in [0.1, 0.15) is 0 Å². The fraction of sp³-hybridized carbons (Fsp3) is 0.235. The molecule has 24 heavy (non-hydrogen) atoms. The molecule has 0 saturated carbocycles. The Labute approximate surface area is 148 Å². The van der Waals surface area contributed by atoms with Crippen molar-refractivity contribution >= 4 is 38.7 Å². The summed E-state index contributed by atoms with van der Waals surface area (Å²) in [4.78, 5) is 0.0575. The number of aryl methyl sites for hydroxylation is 3. The van der Waals surface area contributed by atoms with Crippen LogP contribution in [0.15, 0.2) is 35.2 Å². The number of benzene rings is 2. The monoisotopic (exact) mass is 363 g/mol. The van der Waals surface area contributed by atoms with Gasteiger partial charge in [-0.1, -0.05) is 6.07 Å². The maximum atomic E-state index is 11.6. The van der Waals surface area contributed by atoms with E-state index in [1.807, 2.05) is 45.9 Å². The van der Waals surface area contributed by atoms with Crippen LogP contribution >= 0.6 is 12.2 Å². The summed E-state index contributed by atoms with van der Waals surface area (Å²) >= 11 is 5.33. The number of thiocarbonyl (C=S) groups is 1. The molecule has 0 bridgehead atoms. The molecule has 7 heteroatoms. The molecule has 0 aromatic heterocycles. The molecule has 128 valence electrons. The lowest BCUT2D eigenvalue weighted by molar-refractivity contribution is 0.597. The fourth-order valence-electron chi connectivity index (χ4n) is 2.22. The molecule has 0 unspecified atom stereocenters. The van der Waals surface area contributed by atoms with E-state index < -0.39 is 10.0 Å². The van der Waals surface area contributed by atoms with Crippen molar-refractivity contribution in [2.45, 2.75) is 32.6 Å². The summed E-state index contributed by atoms with van der Waals surface area (Å²) in [6.45, 7) is 7.79. The predicted molar refractivity (Wildman–Crippen MR) is 103 cm³/mol. The SMILES string of the molecule is Cc1ccc(NC(=S)Nc2cc(S(N)(=O)=O)cc(C)c2C)cc1C. The van der Waals surface area contributed by atoms with Crippen LogP contribution in [0.1, 0.15) is 22.3 Å². The summed E-state index contributed by atoms with van der Waals surface area (Å²) in [7, 11) is -3.77. The van der Waals surface area contributed by atoms with Gasteiger partial charge in [0.15, 0.2) is 5.11 Å². The van der Waals surface area contributed by atoms with Gasteiger partial charge in [-0.15, -0.1) is 0 Å². The topological polar surface area (TPSA) is 84.2 Å². The Hall–Kier alpha value is -1.96. The Morgan fingerprint density at radius 1 is 0.958 bits per heavy atom. The molecule has 0 aliphatic rings. The smallest absolute Gasteiger partial charge is 0.238 e. The first kappa shape index (κ1) is 18.4. The summed E-state index contributed by atoms with van der Waals surface area (Å²) in [5.41, 5.74) is 5.57. The van der Waals surface area contributed by atoms with Crippen LogP contribution in [0.2, 0.25) is 0 Å². The average molecular weight is 364 g/mol. The summed E-state index contributed by atoms with van der Waals surface area (Å²) in [6, 6.07) is 9.00. The molecule has 0 aliphatic heterocycles. The molecule has 2 aromatic carbocycles. The zero-order chi connectivity index (χ0) is 18.1. The van der Waals surface area contributed by atoms with E-state index in [0.717, 1.165) is 22.4 Å². The van der Waals surface area contributed by atoms with Crippen LogP contribution < -0.4 is 15.8 Å². The van der Waals surface area contributed by atoms with E-state index in [0.29, 0.717) is 10.8 Å². The van der Waals surface area contributed by atoms with Crippen LogP contribution in [0.25, 0.3) is 0 Å². The van der Waals surface area contributed by atoms with Gasteiger partial charge in [-0.3, -0.25) is 0 Å². The second kappa shape index (κ2) is 6.88. The Morgan fingerprint density at radius 2 is 1.62 bits per heavy atom. The molecule has 0 heterocycles. The number of hydrogen-bond acceptors (Lipinski definition) is 3. The van der Waals surface area contributed by atoms with Crippen LogP contribution in [0, 0.1) is 27.7 Å². The minimum absolute atomic E-state index is 0.0575. The largest absolute Gasteiger partial charge is 0.332 e. The minimum Gasteiger partial charge on any atom is -0.332 e. The van der Waals surface area contributed by atoms with Gasteiger partial charge in [-0.05, 0) is 86.4 Å². The zero-order valence-electron chi connectivity index (χ0n) is 14.1. The lowest BCUT2D eigenvalue weighted by Gasteiger charge is -2.16. The number of rotatable bonds is 3. The molecule has 4 N–H and O–H groups in total. The molecular weight excluding hydrogens is 342 g/mol. The Kier molecular flexibility index (Phi) is 5.27. The van der Waals surface area contributed by atoms with Gasteiger partial charge >= 0.3 is 0 Å². The number of sulfonamides is 1. The normalized spacial score (nSPS) is 11.2. The molecule has 0 amide bonds. The number of primary sulfonamides is 1. The number of nitrogens with two attached hydrogens (primary N) is 1. The molecule has 2 aromatic rings. The lowest BCUT2D eigenvalue weighted by Crippen LogP contribution is -2.21. The Morgan fingerprint density at radius 3 is 2.21 bits per heavy atom. The van der Waals surface area contributed by atoms with E-state index in [9.17, 15) is 8.42 Å². The summed E-state index contributed by atoms with van der Waals surface area (Å²) in [5, 5.41) is 11.8. The van der Waals surface area contributed by atoms with Gasteiger partial charge in [0.05, 0.1) is 4.90 Å². The van der Waals surface area contributed by atoms with E-state index in [1.165, 1.54) is 11.6 Å². The molecule has 0 atom stereocenters. The number of nitrogens with one attached hydrogen (secondary N) is 2. The van der Waals surface area contributed by atoms with E-state index in [4.69, 9.17) is 17.4 Å². The van der Waals surface area contributed by atoms with E-state index in [-0.39, 0.29) is 4.90 Å². The van der Waals surface area contributed by atoms with E-state index in [2.05, 4.69) is 10.6 Å². The van der Waals surface area contributed by atoms with Gasteiger partial charge in [0.2, 0.25) is 10.0 Å². The first-order valence-corrected chi connectivity index (χ1v) is 9.32. The molecule has 0 radical (unpaired) electrons. The van der Waals surface area contributed by atoms with E-state index >= 15 is 0 Å². The summed E-state index contributed by atoms with van der Waals surface area (Å²) in [5.74, 6) is 0. The highest BCUT2D eigenvalue weighted by molar-refractivity contribution is 7.89. The van der Waals surface area contributed by atoms with Crippen molar-refractivity contribution in [2.24, 2.45) is 5.14 Å². The van der Waals surface area contributed by atoms with Crippen LogP contribution in [0.5, 0.6) is 0 Å². The quantitative estimate of drug-likeness (QED) is 0.728. The van der Waals surface area contributed by atoms with Crippen molar-refractivity contribution in [3.05, 3.63) is 52.6 Å². The van der Waals surface area contributed by atoms with Gasteiger partial charge in [-0.2, -0.15) is 0 Å². The maximum absolute atomic E-state index is 11.6. The highest BCUT2D eigenvalue weighted by Crippen LogP contribution is 2.24. The number of anilines is 2. The van der Waals surface area contributed by atoms with Crippen LogP contribution in [0.4, 0.5) is 11.4 Å². The van der Waals surface area contributed by atoms with Gasteiger partial charge < -0.3 is 10.6 Å². The third-order valence-corrected chi connectivity index (χ3v) is 5.08. The molecule has 0 saturated heterocycles. The van der Waals surface area contributed by atoms with Crippen LogP contribution in [-0.2, 0) is 10.0 Å². The van der Waals surface area contributed by atoms with E-state index in [1.54, 1.807) is 6.07 Å². The van der Waals surface area contributed by atoms with Crippen LogP contribution in [0.3, 0.4) is 0 Å². The van der Waals surface area contributed by atoms with Crippen LogP contribution in [-0.4, -0.2) is 13.5 Å². The molecule has 0 spiro atoms. The lowest BCUT2D eigenvalue weighted by atomic mass is 10.1. The highest BCUT2D eigenvalue weighted by Gasteiger charge is 2.13. The molecule has 0 aliphatic carbocycles. The highest BCUT2D eigenvalue weighted by atomic mass is 32.2. The standard InChI is InChI=1S/C17H21N3O2S2/c1-10-5-6-14(7-11(10)2)19-17(23)20-16-9-15(24(18,21)22)8-12(3)13(16)4/h5-9H,1-4H3,(H2,18,21,22)(H2,19,20,23). The third kappa shape index (κ3) is 4.31. The third-order valence-electron chi connectivity index (χ3n) is 3.98. The minimum atomic E-state index is -3.77. The van der Waals surface area contributed by atoms with Gasteiger partial charge in [0, 0.05) is 11.4 Å². The zero-order valence-corrected chi connectivity index (χ0v) is 15.7. The first-order valence-electron chi connectivity index (χ1n) is 7.37. The fourth-order valence-corrected chi connectivity index (χ4v) is 3.08.